The van der Waals surface area contributed by atoms with Crippen LogP contribution in [-0.4, -0.2) is 34.5 Å². The first-order valence-electron chi connectivity index (χ1n) is 12.6. The van der Waals surface area contributed by atoms with Crippen molar-refractivity contribution >= 4 is 34.4 Å². The first-order valence-corrected chi connectivity index (χ1v) is 12.6. The van der Waals surface area contributed by atoms with Gasteiger partial charge in [0, 0.05) is 40.3 Å². The smallest absolute Gasteiger partial charge is 0.238 e. The number of nitrogens with one attached hydrogen (secondary N) is 1. The number of carbonyl (C=O) groups is 3. The van der Waals surface area contributed by atoms with E-state index in [4.69, 9.17) is 0 Å². The van der Waals surface area contributed by atoms with Gasteiger partial charge in [0.05, 0.1) is 12.0 Å². The van der Waals surface area contributed by atoms with E-state index >= 15 is 0 Å². The molecule has 1 spiro atoms. The zero-order valence-corrected chi connectivity index (χ0v) is 21.4. The number of benzene rings is 2. The lowest BCUT2D eigenvalue weighted by atomic mass is 9.63. The molecule has 0 bridgehead atoms. The van der Waals surface area contributed by atoms with Crippen molar-refractivity contribution in [2.75, 3.05) is 10.2 Å². The Morgan fingerprint density at radius 1 is 1.00 bits per heavy atom. The number of rotatable bonds is 3. The summed E-state index contributed by atoms with van der Waals surface area (Å²) in [6, 6.07) is 17.5. The highest BCUT2D eigenvalue weighted by atomic mass is 16.2. The number of aromatic nitrogens is 1. The van der Waals surface area contributed by atoms with E-state index in [0.717, 1.165) is 22.4 Å². The maximum absolute atomic E-state index is 14.5. The topological polar surface area (TPSA) is 79.4 Å². The second kappa shape index (κ2) is 7.97. The number of hydrogen-bond acceptors (Lipinski definition) is 5. The molecular weight excluding hydrogens is 462 g/mol. The number of para-hydroxylation sites is 2. The Morgan fingerprint density at radius 2 is 1.73 bits per heavy atom. The number of hydrogen-bond donors (Lipinski definition) is 1. The minimum atomic E-state index is -1.29. The van der Waals surface area contributed by atoms with Gasteiger partial charge in [0.1, 0.15) is 11.5 Å². The Hall–Kier alpha value is -4.06. The predicted octanol–water partition coefficient (Wildman–Crippen LogP) is 5.06. The first-order chi connectivity index (χ1) is 17.7. The molecule has 6 heteroatoms. The molecule has 1 fully saturated rings. The van der Waals surface area contributed by atoms with E-state index in [1.165, 1.54) is 6.20 Å². The van der Waals surface area contributed by atoms with Crippen molar-refractivity contribution in [3.05, 3.63) is 95.8 Å². The number of amides is 1. The van der Waals surface area contributed by atoms with Gasteiger partial charge in [-0.1, -0.05) is 63.2 Å². The van der Waals surface area contributed by atoms with Crippen molar-refractivity contribution in [2.45, 2.75) is 45.2 Å². The molecule has 6 nitrogen and oxygen atoms in total. The third kappa shape index (κ3) is 3.11. The number of nitrogens with zero attached hydrogens (tertiary/aromatic N) is 2. The van der Waals surface area contributed by atoms with Gasteiger partial charge in [0.15, 0.2) is 11.6 Å². The van der Waals surface area contributed by atoms with E-state index in [1.54, 1.807) is 18.3 Å². The summed E-state index contributed by atoms with van der Waals surface area (Å²) in [7, 11) is 0. The fourth-order valence-electron chi connectivity index (χ4n) is 6.52. The molecule has 0 unspecified atom stereocenters. The minimum absolute atomic E-state index is 0.0726. The van der Waals surface area contributed by atoms with Crippen LogP contribution in [0.4, 0.5) is 11.4 Å². The molecule has 3 aromatic rings. The van der Waals surface area contributed by atoms with Crippen LogP contribution >= 0.6 is 0 Å². The number of fused-ring (bicyclic) bond motifs is 6. The van der Waals surface area contributed by atoms with Crippen molar-refractivity contribution in [1.82, 2.24) is 4.98 Å². The largest absolute Gasteiger partial charge is 0.352 e. The number of pyridine rings is 1. The molecular formula is C31H29N3O3. The van der Waals surface area contributed by atoms with Crippen LogP contribution in [-0.2, 0) is 15.0 Å². The van der Waals surface area contributed by atoms with E-state index in [-0.39, 0.29) is 17.5 Å². The molecule has 0 saturated carbocycles. The summed E-state index contributed by atoms with van der Waals surface area (Å²) in [5.74, 6) is -1.53. The highest BCUT2D eigenvalue weighted by Crippen LogP contribution is 2.59. The monoisotopic (exact) mass is 491 g/mol. The van der Waals surface area contributed by atoms with Gasteiger partial charge in [-0.05, 0) is 42.3 Å². The maximum Gasteiger partial charge on any atom is 0.238 e. The zero-order valence-electron chi connectivity index (χ0n) is 21.4. The second-order valence-corrected chi connectivity index (χ2v) is 11.2. The summed E-state index contributed by atoms with van der Waals surface area (Å²) in [5.41, 5.74) is 2.69. The zero-order chi connectivity index (χ0) is 26.1. The van der Waals surface area contributed by atoms with Gasteiger partial charge in [-0.25, -0.2) is 0 Å². The molecule has 0 radical (unpaired) electrons. The quantitative estimate of drug-likeness (QED) is 0.518. The minimum Gasteiger partial charge on any atom is -0.352 e. The van der Waals surface area contributed by atoms with Crippen LogP contribution in [0.1, 0.15) is 49.2 Å². The average Bonchev–Trinajstić information content (AvgIpc) is 3.36. The van der Waals surface area contributed by atoms with Crippen molar-refractivity contribution in [1.29, 1.82) is 0 Å². The molecule has 1 aromatic heterocycles. The molecule has 4 atom stereocenters. The summed E-state index contributed by atoms with van der Waals surface area (Å²) in [4.78, 5) is 49.4. The normalized spacial score (nSPS) is 25.7. The van der Waals surface area contributed by atoms with Gasteiger partial charge in [-0.3, -0.25) is 19.4 Å². The molecule has 2 aromatic carbocycles. The van der Waals surface area contributed by atoms with Gasteiger partial charge in [0.25, 0.3) is 0 Å². The summed E-state index contributed by atoms with van der Waals surface area (Å²) in [6.07, 6.45) is 5.21. The van der Waals surface area contributed by atoms with Crippen LogP contribution < -0.4 is 10.2 Å². The lowest BCUT2D eigenvalue weighted by molar-refractivity contribution is -0.128. The molecule has 1 N–H and O–H groups in total. The highest BCUT2D eigenvalue weighted by molar-refractivity contribution is 6.17. The first kappa shape index (κ1) is 23.3. The van der Waals surface area contributed by atoms with Crippen LogP contribution in [0.2, 0.25) is 0 Å². The molecule has 6 rings (SSSR count). The van der Waals surface area contributed by atoms with Crippen molar-refractivity contribution < 1.29 is 14.4 Å². The lowest BCUT2D eigenvalue weighted by Crippen LogP contribution is -2.51. The van der Waals surface area contributed by atoms with Gasteiger partial charge in [0.2, 0.25) is 5.91 Å². The van der Waals surface area contributed by atoms with Crippen LogP contribution in [0.25, 0.3) is 5.57 Å². The van der Waals surface area contributed by atoms with E-state index in [9.17, 15) is 14.4 Å². The van der Waals surface area contributed by atoms with Crippen molar-refractivity contribution in [3.8, 4) is 0 Å². The Labute approximate surface area is 216 Å². The molecule has 1 saturated heterocycles. The number of Topliss-reactive ketones (excluding diaryl/α,β-unsaturated/α-hetero) is 2. The molecule has 3 aliphatic heterocycles. The lowest BCUT2D eigenvalue weighted by Gasteiger charge is -2.39. The van der Waals surface area contributed by atoms with E-state index in [0.29, 0.717) is 11.3 Å². The number of allylic oxidation sites excluding steroid dienone is 1. The Morgan fingerprint density at radius 3 is 2.46 bits per heavy atom. The number of carbonyl (C=O) groups excluding carboxylic acids is 3. The third-order valence-electron chi connectivity index (χ3n) is 8.12. The van der Waals surface area contributed by atoms with Crippen molar-refractivity contribution in [3.63, 3.8) is 0 Å². The van der Waals surface area contributed by atoms with E-state index in [2.05, 4.69) is 21.3 Å². The van der Waals surface area contributed by atoms with Crippen LogP contribution in [0.15, 0.2) is 79.1 Å². The maximum atomic E-state index is 14.5. The van der Waals surface area contributed by atoms with Gasteiger partial charge < -0.3 is 10.2 Å². The fourth-order valence-corrected chi connectivity index (χ4v) is 6.52. The SMILES string of the molecule is CC1=C[C@@H]2N(c3ccccc31)[C@H](C(=O)C(C)(C)C)[C@@H](C(=O)c1cccnc1)[C@@]21C(=O)Nc2ccccc21. The third-order valence-corrected chi connectivity index (χ3v) is 8.12. The van der Waals surface area contributed by atoms with Gasteiger partial charge in [-0.15, -0.1) is 0 Å². The Kier molecular flexibility index (Phi) is 5.03. The van der Waals surface area contributed by atoms with E-state index in [1.807, 2.05) is 76.2 Å². The van der Waals surface area contributed by atoms with Gasteiger partial charge >= 0.3 is 0 Å². The molecule has 37 heavy (non-hydrogen) atoms. The summed E-state index contributed by atoms with van der Waals surface area (Å²) < 4.78 is 0. The predicted molar refractivity (Wildman–Crippen MR) is 143 cm³/mol. The van der Waals surface area contributed by atoms with Crippen LogP contribution in [0, 0.1) is 11.3 Å². The van der Waals surface area contributed by atoms with Crippen LogP contribution in [0.5, 0.6) is 0 Å². The van der Waals surface area contributed by atoms with Gasteiger partial charge in [-0.2, -0.15) is 0 Å². The van der Waals surface area contributed by atoms with E-state index < -0.39 is 28.8 Å². The Balaban J connectivity index is 1.71. The molecule has 186 valence electrons. The molecule has 0 aliphatic carbocycles. The molecule has 3 aliphatic rings. The fraction of sp³-hybridized carbons (Fsp3) is 0.290. The standard InChI is InChI=1S/C31H29N3O3/c1-18-16-24-31(21-12-6-7-13-22(21)33-29(31)37)25(27(35)19-10-9-15-32-17-19)26(28(36)30(2,3)4)34(24)23-14-8-5-11-20(18)23/h5-17,24-26H,1-4H3,(H,33,37)/t24-,25-,26-,31-/m0/s1. The second-order valence-electron chi connectivity index (χ2n) is 11.2. The summed E-state index contributed by atoms with van der Waals surface area (Å²) >= 11 is 0. The number of ketones is 2. The highest BCUT2D eigenvalue weighted by Gasteiger charge is 2.71. The summed E-state index contributed by atoms with van der Waals surface area (Å²) in [6.45, 7) is 7.65. The molecule has 1 amide bonds. The Bertz CT molecular complexity index is 1490. The number of anilines is 2. The average molecular weight is 492 g/mol. The van der Waals surface area contributed by atoms with Crippen LogP contribution in [0.3, 0.4) is 0 Å². The summed E-state index contributed by atoms with van der Waals surface area (Å²) in [5, 5.41) is 3.06. The van der Waals surface area contributed by atoms with Crippen molar-refractivity contribution in [2.24, 2.45) is 11.3 Å². The molecule has 4 heterocycles.